The molecule has 1 amide bonds. The smallest absolute Gasteiger partial charge is 0.238 e. The quantitative estimate of drug-likeness (QED) is 0.886. The number of nitrogens with two attached hydrogens (primary N) is 1. The van der Waals surface area contributed by atoms with E-state index >= 15 is 0 Å². The number of anilines is 1. The normalized spacial score (nSPS) is 23.6. The van der Waals surface area contributed by atoms with Gasteiger partial charge >= 0.3 is 0 Å². The fourth-order valence-corrected chi connectivity index (χ4v) is 2.54. The zero-order valence-electron chi connectivity index (χ0n) is 12.6. The Morgan fingerprint density at radius 1 is 1.40 bits per heavy atom. The van der Waals surface area contributed by atoms with Crippen LogP contribution in [0.15, 0.2) is 18.2 Å². The van der Waals surface area contributed by atoms with Gasteiger partial charge in [-0.3, -0.25) is 9.69 Å². The second-order valence-corrected chi connectivity index (χ2v) is 6.01. The van der Waals surface area contributed by atoms with Crippen molar-refractivity contribution in [3.63, 3.8) is 0 Å². The zero-order valence-corrected chi connectivity index (χ0v) is 12.6. The van der Waals surface area contributed by atoms with E-state index in [1.54, 1.807) is 0 Å². The van der Waals surface area contributed by atoms with Crippen LogP contribution in [0.5, 0.6) is 0 Å². The number of amides is 1. The van der Waals surface area contributed by atoms with Crippen molar-refractivity contribution < 1.29 is 4.79 Å². The Bertz CT molecular complexity index is 487. The molecule has 1 aromatic carbocycles. The van der Waals surface area contributed by atoms with Gasteiger partial charge in [0.1, 0.15) is 0 Å². The number of benzene rings is 1. The lowest BCUT2D eigenvalue weighted by atomic mass is 9.94. The highest BCUT2D eigenvalue weighted by molar-refractivity contribution is 5.92. The Morgan fingerprint density at radius 3 is 2.80 bits per heavy atom. The predicted octanol–water partition coefficient (Wildman–Crippen LogP) is 1.91. The van der Waals surface area contributed by atoms with E-state index in [1.165, 1.54) is 11.1 Å². The van der Waals surface area contributed by atoms with Gasteiger partial charge in [-0.05, 0) is 56.0 Å². The van der Waals surface area contributed by atoms with Crippen molar-refractivity contribution in [2.24, 2.45) is 11.7 Å². The summed E-state index contributed by atoms with van der Waals surface area (Å²) in [7, 11) is 0. The molecule has 0 radical (unpaired) electrons. The Hall–Kier alpha value is -1.39. The topological polar surface area (TPSA) is 58.4 Å². The summed E-state index contributed by atoms with van der Waals surface area (Å²) in [6, 6.07) is 6.17. The second kappa shape index (κ2) is 6.37. The van der Waals surface area contributed by atoms with Crippen LogP contribution >= 0.6 is 0 Å². The predicted molar refractivity (Wildman–Crippen MR) is 82.7 cm³/mol. The molecular weight excluding hydrogens is 250 g/mol. The summed E-state index contributed by atoms with van der Waals surface area (Å²) in [5.41, 5.74) is 9.35. The van der Waals surface area contributed by atoms with Gasteiger partial charge < -0.3 is 11.1 Å². The van der Waals surface area contributed by atoms with Gasteiger partial charge in [0.15, 0.2) is 0 Å². The minimum absolute atomic E-state index is 0.0370. The van der Waals surface area contributed by atoms with Crippen LogP contribution in [0.2, 0.25) is 0 Å². The number of hydrogen-bond acceptors (Lipinski definition) is 3. The molecule has 1 aliphatic rings. The molecular formula is C16H25N3O. The third kappa shape index (κ3) is 3.81. The molecule has 0 bridgehead atoms. The maximum absolute atomic E-state index is 12.1. The van der Waals surface area contributed by atoms with E-state index in [1.807, 2.05) is 18.2 Å². The first kappa shape index (κ1) is 15.0. The minimum atomic E-state index is 0.0370. The summed E-state index contributed by atoms with van der Waals surface area (Å²) >= 11 is 0. The number of likely N-dealkylation sites (tertiary alicyclic amines) is 1. The van der Waals surface area contributed by atoms with E-state index in [-0.39, 0.29) is 11.9 Å². The van der Waals surface area contributed by atoms with Crippen molar-refractivity contribution in [1.82, 2.24) is 4.90 Å². The van der Waals surface area contributed by atoms with Crippen molar-refractivity contribution in [2.45, 2.75) is 33.2 Å². The second-order valence-electron chi connectivity index (χ2n) is 6.01. The average molecular weight is 275 g/mol. The van der Waals surface area contributed by atoms with Crippen LogP contribution in [0, 0.1) is 19.8 Å². The molecule has 1 aliphatic heterocycles. The molecule has 4 heteroatoms. The molecule has 4 nitrogen and oxygen atoms in total. The molecule has 3 N–H and O–H groups in total. The third-order valence-corrected chi connectivity index (χ3v) is 4.26. The molecule has 0 saturated carbocycles. The molecule has 110 valence electrons. The molecule has 20 heavy (non-hydrogen) atoms. The first-order valence-electron chi connectivity index (χ1n) is 7.30. The number of aryl methyl sites for hydroxylation is 2. The summed E-state index contributed by atoms with van der Waals surface area (Å²) in [5, 5.41) is 2.96. The minimum Gasteiger partial charge on any atom is -0.326 e. The molecule has 1 fully saturated rings. The number of nitrogens with zero attached hydrogens (tertiary/aromatic N) is 1. The van der Waals surface area contributed by atoms with Gasteiger partial charge in [-0.25, -0.2) is 0 Å². The Kier molecular flexibility index (Phi) is 4.78. The summed E-state index contributed by atoms with van der Waals surface area (Å²) in [4.78, 5) is 14.2. The van der Waals surface area contributed by atoms with Crippen molar-refractivity contribution in [3.8, 4) is 0 Å². The van der Waals surface area contributed by atoms with Gasteiger partial charge in [-0.2, -0.15) is 0 Å². The SMILES string of the molecule is Cc1ccc(NC(=O)CN2CCC(C)C(N)C2)cc1C. The van der Waals surface area contributed by atoms with Gasteiger partial charge in [0, 0.05) is 18.3 Å². The molecule has 1 heterocycles. The van der Waals surface area contributed by atoms with Crippen LogP contribution in [0.3, 0.4) is 0 Å². The largest absolute Gasteiger partial charge is 0.326 e. The number of carbonyl (C=O) groups excluding carboxylic acids is 1. The Balaban J connectivity index is 1.87. The molecule has 1 saturated heterocycles. The van der Waals surface area contributed by atoms with Crippen LogP contribution in [0.25, 0.3) is 0 Å². The van der Waals surface area contributed by atoms with E-state index in [0.717, 1.165) is 25.2 Å². The van der Waals surface area contributed by atoms with Crippen LogP contribution < -0.4 is 11.1 Å². The lowest BCUT2D eigenvalue weighted by Gasteiger charge is -2.34. The Morgan fingerprint density at radius 2 is 2.15 bits per heavy atom. The number of rotatable bonds is 3. The fraction of sp³-hybridized carbons (Fsp3) is 0.562. The molecule has 0 aliphatic carbocycles. The maximum atomic E-state index is 12.1. The van der Waals surface area contributed by atoms with Crippen molar-refractivity contribution in [1.29, 1.82) is 0 Å². The first-order chi connectivity index (χ1) is 9.45. The fourth-order valence-electron chi connectivity index (χ4n) is 2.54. The number of hydrogen-bond donors (Lipinski definition) is 2. The van der Waals surface area contributed by atoms with Crippen LogP contribution in [-0.4, -0.2) is 36.5 Å². The monoisotopic (exact) mass is 275 g/mol. The summed E-state index contributed by atoms with van der Waals surface area (Å²) in [6.07, 6.45) is 1.07. The van der Waals surface area contributed by atoms with Crippen LogP contribution in [0.1, 0.15) is 24.5 Å². The summed E-state index contributed by atoms with van der Waals surface area (Å²) < 4.78 is 0. The first-order valence-corrected chi connectivity index (χ1v) is 7.30. The standard InChI is InChI=1S/C16H25N3O/c1-11-4-5-14(8-13(11)3)18-16(20)10-19-7-6-12(2)15(17)9-19/h4-5,8,12,15H,6-7,9-10,17H2,1-3H3,(H,18,20). The summed E-state index contributed by atoms with van der Waals surface area (Å²) in [5.74, 6) is 0.587. The van der Waals surface area contributed by atoms with Gasteiger partial charge in [0.25, 0.3) is 0 Å². The van der Waals surface area contributed by atoms with Gasteiger partial charge in [0.05, 0.1) is 6.54 Å². The molecule has 0 aromatic heterocycles. The van der Waals surface area contributed by atoms with E-state index in [4.69, 9.17) is 5.73 Å². The maximum Gasteiger partial charge on any atom is 0.238 e. The highest BCUT2D eigenvalue weighted by atomic mass is 16.2. The van der Waals surface area contributed by atoms with Crippen molar-refractivity contribution in [2.75, 3.05) is 25.0 Å². The van der Waals surface area contributed by atoms with Crippen molar-refractivity contribution in [3.05, 3.63) is 29.3 Å². The number of piperidine rings is 1. The lowest BCUT2D eigenvalue weighted by Crippen LogP contribution is -2.49. The van der Waals surface area contributed by atoms with Gasteiger partial charge in [0.2, 0.25) is 5.91 Å². The van der Waals surface area contributed by atoms with Gasteiger partial charge in [-0.1, -0.05) is 13.0 Å². The van der Waals surface area contributed by atoms with Crippen molar-refractivity contribution >= 4 is 11.6 Å². The molecule has 2 rings (SSSR count). The van der Waals surface area contributed by atoms with Gasteiger partial charge in [-0.15, -0.1) is 0 Å². The number of nitrogens with one attached hydrogen (secondary N) is 1. The van der Waals surface area contributed by atoms with Crippen LogP contribution in [0.4, 0.5) is 5.69 Å². The number of carbonyl (C=O) groups is 1. The highest BCUT2D eigenvalue weighted by Gasteiger charge is 2.24. The molecule has 2 atom stereocenters. The molecule has 0 spiro atoms. The van der Waals surface area contributed by atoms with E-state index in [2.05, 4.69) is 31.0 Å². The Labute approximate surface area is 121 Å². The molecule has 2 unspecified atom stereocenters. The molecule has 1 aromatic rings. The van der Waals surface area contributed by atoms with E-state index < -0.39 is 0 Å². The average Bonchev–Trinajstić information content (AvgIpc) is 2.38. The van der Waals surface area contributed by atoms with E-state index in [9.17, 15) is 4.79 Å². The zero-order chi connectivity index (χ0) is 14.7. The lowest BCUT2D eigenvalue weighted by molar-refractivity contribution is -0.117. The third-order valence-electron chi connectivity index (χ3n) is 4.26. The van der Waals surface area contributed by atoms with E-state index in [0.29, 0.717) is 12.5 Å². The highest BCUT2D eigenvalue weighted by Crippen LogP contribution is 2.16. The van der Waals surface area contributed by atoms with Crippen LogP contribution in [-0.2, 0) is 4.79 Å². The summed E-state index contributed by atoms with van der Waals surface area (Å²) in [6.45, 7) is 8.48.